The summed E-state index contributed by atoms with van der Waals surface area (Å²) in [5.74, 6) is 0.119. The molecule has 0 aromatic rings. The van der Waals surface area contributed by atoms with E-state index in [9.17, 15) is 4.79 Å². The number of nitrogens with one attached hydrogen (secondary N) is 1. The minimum absolute atomic E-state index is 0.119. The molecule has 1 heterocycles. The van der Waals surface area contributed by atoms with Crippen LogP contribution in [0.1, 0.15) is 26.7 Å². The van der Waals surface area contributed by atoms with Crippen LogP contribution in [0.25, 0.3) is 0 Å². The summed E-state index contributed by atoms with van der Waals surface area (Å²) in [6.45, 7) is 6.39. The highest BCUT2D eigenvalue weighted by Gasteiger charge is 2.21. The zero-order valence-corrected chi connectivity index (χ0v) is 9.12. The van der Waals surface area contributed by atoms with Crippen LogP contribution < -0.4 is 11.1 Å². The molecule has 1 fully saturated rings. The lowest BCUT2D eigenvalue weighted by molar-refractivity contribution is -0.122. The van der Waals surface area contributed by atoms with Crippen molar-refractivity contribution in [1.82, 2.24) is 10.2 Å². The molecule has 0 saturated carbocycles. The van der Waals surface area contributed by atoms with Crippen molar-refractivity contribution in [3.8, 4) is 0 Å². The molecule has 3 N–H and O–H groups in total. The number of hydrogen-bond acceptors (Lipinski definition) is 3. The number of carbonyl (C=O) groups excluding carboxylic acids is 1. The molecule has 2 atom stereocenters. The van der Waals surface area contributed by atoms with Gasteiger partial charge in [0, 0.05) is 25.2 Å². The second kappa shape index (κ2) is 5.32. The highest BCUT2D eigenvalue weighted by Crippen LogP contribution is 2.05. The standard InChI is InChI=1S/C10H21N3O/c1-3-8(2)12-10(14)7-13-5-4-9(11)6-13/h8-9H,3-7,11H2,1-2H3,(H,12,14)/t8?,9-/m0/s1. The van der Waals surface area contributed by atoms with Crippen LogP contribution in [0.5, 0.6) is 0 Å². The van der Waals surface area contributed by atoms with Crippen molar-refractivity contribution < 1.29 is 4.79 Å². The maximum atomic E-state index is 11.5. The Kier molecular flexibility index (Phi) is 4.35. The van der Waals surface area contributed by atoms with Gasteiger partial charge < -0.3 is 11.1 Å². The van der Waals surface area contributed by atoms with Gasteiger partial charge in [-0.15, -0.1) is 0 Å². The van der Waals surface area contributed by atoms with E-state index in [1.807, 2.05) is 6.92 Å². The molecule has 0 spiro atoms. The van der Waals surface area contributed by atoms with Gasteiger partial charge in [-0.25, -0.2) is 0 Å². The zero-order valence-electron chi connectivity index (χ0n) is 9.12. The van der Waals surface area contributed by atoms with Gasteiger partial charge in [0.05, 0.1) is 6.54 Å². The van der Waals surface area contributed by atoms with Crippen molar-refractivity contribution in [3.63, 3.8) is 0 Å². The highest BCUT2D eigenvalue weighted by atomic mass is 16.2. The molecule has 1 rings (SSSR count). The van der Waals surface area contributed by atoms with Crippen molar-refractivity contribution >= 4 is 5.91 Å². The van der Waals surface area contributed by atoms with Crippen LogP contribution in [0.3, 0.4) is 0 Å². The van der Waals surface area contributed by atoms with Gasteiger partial charge in [0.2, 0.25) is 5.91 Å². The normalized spacial score (nSPS) is 24.9. The first-order valence-electron chi connectivity index (χ1n) is 5.39. The first-order chi connectivity index (χ1) is 6.61. The molecule has 0 aromatic heterocycles. The Labute approximate surface area is 85.8 Å². The summed E-state index contributed by atoms with van der Waals surface area (Å²) in [7, 11) is 0. The van der Waals surface area contributed by atoms with Crippen LogP contribution in [0.2, 0.25) is 0 Å². The number of rotatable bonds is 4. The third kappa shape index (κ3) is 3.64. The van der Waals surface area contributed by atoms with E-state index in [4.69, 9.17) is 5.73 Å². The van der Waals surface area contributed by atoms with E-state index < -0.39 is 0 Å². The largest absolute Gasteiger partial charge is 0.353 e. The van der Waals surface area contributed by atoms with E-state index in [2.05, 4.69) is 17.1 Å². The van der Waals surface area contributed by atoms with Crippen LogP contribution in [-0.2, 0) is 4.79 Å². The molecule has 4 heteroatoms. The van der Waals surface area contributed by atoms with E-state index in [-0.39, 0.29) is 18.0 Å². The fourth-order valence-electron chi connectivity index (χ4n) is 1.63. The molecule has 82 valence electrons. The second-order valence-corrected chi connectivity index (χ2v) is 4.16. The molecular weight excluding hydrogens is 178 g/mol. The SMILES string of the molecule is CCC(C)NC(=O)CN1CC[C@H](N)C1. The van der Waals surface area contributed by atoms with Gasteiger partial charge in [-0.05, 0) is 19.8 Å². The number of nitrogens with zero attached hydrogens (tertiary/aromatic N) is 1. The topological polar surface area (TPSA) is 58.4 Å². The van der Waals surface area contributed by atoms with Crippen molar-refractivity contribution in [3.05, 3.63) is 0 Å². The number of hydrogen-bond donors (Lipinski definition) is 2. The smallest absolute Gasteiger partial charge is 0.234 e. The Morgan fingerprint density at radius 2 is 2.43 bits per heavy atom. The first kappa shape index (κ1) is 11.5. The summed E-state index contributed by atoms with van der Waals surface area (Å²) in [5, 5.41) is 2.95. The maximum Gasteiger partial charge on any atom is 0.234 e. The van der Waals surface area contributed by atoms with E-state index in [0.717, 1.165) is 25.9 Å². The highest BCUT2D eigenvalue weighted by molar-refractivity contribution is 5.78. The van der Waals surface area contributed by atoms with Crippen molar-refractivity contribution in [2.45, 2.75) is 38.8 Å². The average Bonchev–Trinajstić information content (AvgIpc) is 2.50. The molecule has 0 aromatic carbocycles. The molecule has 0 aliphatic carbocycles. The van der Waals surface area contributed by atoms with Crippen LogP contribution in [0, 0.1) is 0 Å². The summed E-state index contributed by atoms with van der Waals surface area (Å²) in [6.07, 6.45) is 1.99. The van der Waals surface area contributed by atoms with E-state index in [0.29, 0.717) is 6.54 Å². The van der Waals surface area contributed by atoms with Crippen molar-refractivity contribution in [1.29, 1.82) is 0 Å². The molecule has 4 nitrogen and oxygen atoms in total. The lowest BCUT2D eigenvalue weighted by atomic mass is 10.2. The van der Waals surface area contributed by atoms with Crippen molar-refractivity contribution in [2.24, 2.45) is 5.73 Å². The maximum absolute atomic E-state index is 11.5. The Balaban J connectivity index is 2.20. The quantitative estimate of drug-likeness (QED) is 0.666. The Hall–Kier alpha value is -0.610. The van der Waals surface area contributed by atoms with Gasteiger partial charge in [0.1, 0.15) is 0 Å². The second-order valence-electron chi connectivity index (χ2n) is 4.16. The van der Waals surface area contributed by atoms with Crippen LogP contribution >= 0.6 is 0 Å². The summed E-state index contributed by atoms with van der Waals surface area (Å²) >= 11 is 0. The third-order valence-corrected chi connectivity index (χ3v) is 2.70. The Morgan fingerprint density at radius 1 is 1.71 bits per heavy atom. The third-order valence-electron chi connectivity index (χ3n) is 2.70. The minimum atomic E-state index is 0.119. The Bertz CT molecular complexity index is 196. The number of nitrogens with two attached hydrogens (primary N) is 1. The minimum Gasteiger partial charge on any atom is -0.353 e. The molecule has 1 aliphatic heterocycles. The Morgan fingerprint density at radius 3 is 2.93 bits per heavy atom. The molecule has 14 heavy (non-hydrogen) atoms. The predicted molar refractivity (Wildman–Crippen MR) is 56.9 cm³/mol. The molecule has 1 amide bonds. The molecule has 0 radical (unpaired) electrons. The van der Waals surface area contributed by atoms with Crippen molar-refractivity contribution in [2.75, 3.05) is 19.6 Å². The van der Waals surface area contributed by atoms with E-state index >= 15 is 0 Å². The fourth-order valence-corrected chi connectivity index (χ4v) is 1.63. The molecule has 1 saturated heterocycles. The van der Waals surface area contributed by atoms with Gasteiger partial charge in [-0.1, -0.05) is 6.92 Å². The summed E-state index contributed by atoms with van der Waals surface area (Å²) in [6, 6.07) is 0.533. The van der Waals surface area contributed by atoms with Crippen LogP contribution in [0.15, 0.2) is 0 Å². The molecule has 1 aliphatic rings. The lowest BCUT2D eigenvalue weighted by Crippen LogP contribution is -2.40. The molecular formula is C10H21N3O. The monoisotopic (exact) mass is 199 g/mol. The molecule has 1 unspecified atom stereocenters. The van der Waals surface area contributed by atoms with Gasteiger partial charge in [-0.2, -0.15) is 0 Å². The van der Waals surface area contributed by atoms with Crippen LogP contribution in [0.4, 0.5) is 0 Å². The van der Waals surface area contributed by atoms with Gasteiger partial charge >= 0.3 is 0 Å². The number of amides is 1. The molecule has 0 bridgehead atoms. The van der Waals surface area contributed by atoms with Gasteiger partial charge in [-0.3, -0.25) is 9.69 Å². The average molecular weight is 199 g/mol. The summed E-state index contributed by atoms with van der Waals surface area (Å²) < 4.78 is 0. The first-order valence-corrected chi connectivity index (χ1v) is 5.39. The van der Waals surface area contributed by atoms with Gasteiger partial charge in [0.15, 0.2) is 0 Å². The predicted octanol–water partition coefficient (Wildman–Crippen LogP) is -0.0659. The van der Waals surface area contributed by atoms with E-state index in [1.165, 1.54) is 0 Å². The van der Waals surface area contributed by atoms with E-state index in [1.54, 1.807) is 0 Å². The van der Waals surface area contributed by atoms with Gasteiger partial charge in [0.25, 0.3) is 0 Å². The van der Waals surface area contributed by atoms with Crippen LogP contribution in [-0.4, -0.2) is 42.5 Å². The fraction of sp³-hybridized carbons (Fsp3) is 0.900. The lowest BCUT2D eigenvalue weighted by Gasteiger charge is -2.17. The summed E-state index contributed by atoms with van der Waals surface area (Å²) in [5.41, 5.74) is 5.75. The number of likely N-dealkylation sites (tertiary alicyclic amines) is 1. The zero-order chi connectivity index (χ0) is 10.6. The summed E-state index contributed by atoms with van der Waals surface area (Å²) in [4.78, 5) is 13.6. The number of carbonyl (C=O) groups is 1.